The molecule has 1 nitrogen and oxygen atoms in total. The number of benzene rings is 2. The third-order valence-electron chi connectivity index (χ3n) is 3.07. The number of aryl methyl sites for hydroxylation is 3. The van der Waals surface area contributed by atoms with Crippen molar-refractivity contribution in [3.8, 4) is 0 Å². The zero-order valence-corrected chi connectivity index (χ0v) is 12.8. The van der Waals surface area contributed by atoms with Crippen LogP contribution in [-0.4, -0.2) is 5.78 Å². The number of hydrogen-bond acceptors (Lipinski definition) is 1. The van der Waals surface area contributed by atoms with E-state index in [1.165, 1.54) is 16.7 Å². The Bertz CT molecular complexity index is 582. The molecular weight excluding hydrogens is 300 g/mol. The highest BCUT2D eigenvalue weighted by molar-refractivity contribution is 9.10. The molecule has 0 N–H and O–H groups in total. The van der Waals surface area contributed by atoms with Crippen molar-refractivity contribution in [2.45, 2.75) is 26.7 Å². The average Bonchev–Trinajstić information content (AvgIpc) is 2.35. The van der Waals surface area contributed by atoms with Gasteiger partial charge >= 0.3 is 0 Å². The number of carbonyl (C=O) groups excluding carboxylic acids is 1. The smallest absolute Gasteiger partial charge is 0.163 e. The van der Waals surface area contributed by atoms with Crippen LogP contribution in [0.25, 0.3) is 0 Å². The minimum atomic E-state index is 0.195. The largest absolute Gasteiger partial charge is 0.294 e. The van der Waals surface area contributed by atoms with E-state index in [1.54, 1.807) is 0 Å². The summed E-state index contributed by atoms with van der Waals surface area (Å²) in [5, 5.41) is 0. The van der Waals surface area contributed by atoms with E-state index in [0.29, 0.717) is 6.42 Å². The summed E-state index contributed by atoms with van der Waals surface area (Å²) < 4.78 is 0.949. The van der Waals surface area contributed by atoms with Crippen molar-refractivity contribution in [3.63, 3.8) is 0 Å². The molecule has 0 heterocycles. The molecule has 0 aliphatic heterocycles. The van der Waals surface area contributed by atoms with Gasteiger partial charge in [0.15, 0.2) is 5.78 Å². The Morgan fingerprint density at radius 1 is 1.05 bits per heavy atom. The monoisotopic (exact) mass is 316 g/mol. The van der Waals surface area contributed by atoms with E-state index in [-0.39, 0.29) is 5.78 Å². The zero-order chi connectivity index (χ0) is 13.8. The Hall–Kier alpha value is -1.41. The van der Waals surface area contributed by atoms with Crippen LogP contribution in [-0.2, 0) is 6.42 Å². The molecular formula is C17H17BrO. The lowest BCUT2D eigenvalue weighted by atomic mass is 10.00. The second-order valence-electron chi connectivity index (χ2n) is 4.93. The van der Waals surface area contributed by atoms with E-state index in [1.807, 2.05) is 24.3 Å². The van der Waals surface area contributed by atoms with Crippen LogP contribution in [0.2, 0.25) is 0 Å². The summed E-state index contributed by atoms with van der Waals surface area (Å²) in [5.74, 6) is 0.195. The second kappa shape index (κ2) is 6.16. The van der Waals surface area contributed by atoms with Crippen molar-refractivity contribution in [2.24, 2.45) is 0 Å². The quantitative estimate of drug-likeness (QED) is 0.734. The molecule has 0 amide bonds. The Labute approximate surface area is 122 Å². The molecule has 0 unspecified atom stereocenters. The molecule has 0 atom stereocenters. The first kappa shape index (κ1) is 14.0. The van der Waals surface area contributed by atoms with Gasteiger partial charge in [0.2, 0.25) is 0 Å². The van der Waals surface area contributed by atoms with E-state index in [9.17, 15) is 4.79 Å². The standard InChI is InChI=1S/C17H17BrO/c1-12-8-13(2)10-14(9-12)6-7-17(19)15-4-3-5-16(18)11-15/h3-5,8-11H,6-7H2,1-2H3. The van der Waals surface area contributed by atoms with E-state index >= 15 is 0 Å². The van der Waals surface area contributed by atoms with Gasteiger partial charge in [-0.25, -0.2) is 0 Å². The van der Waals surface area contributed by atoms with E-state index < -0.39 is 0 Å². The maximum atomic E-state index is 12.1. The Balaban J connectivity index is 2.04. The van der Waals surface area contributed by atoms with Gasteiger partial charge in [0.25, 0.3) is 0 Å². The zero-order valence-electron chi connectivity index (χ0n) is 11.2. The summed E-state index contributed by atoms with van der Waals surface area (Å²) in [7, 11) is 0. The van der Waals surface area contributed by atoms with Crippen molar-refractivity contribution in [1.82, 2.24) is 0 Å². The van der Waals surface area contributed by atoms with Gasteiger partial charge in [0.05, 0.1) is 0 Å². The van der Waals surface area contributed by atoms with Gasteiger partial charge in [-0.1, -0.05) is 57.4 Å². The van der Waals surface area contributed by atoms with Crippen LogP contribution >= 0.6 is 15.9 Å². The second-order valence-corrected chi connectivity index (χ2v) is 5.85. The molecule has 2 rings (SSSR count). The first-order valence-corrected chi connectivity index (χ1v) is 7.20. The summed E-state index contributed by atoms with van der Waals surface area (Å²) in [6.07, 6.45) is 1.35. The molecule has 2 heteroatoms. The first-order chi connectivity index (χ1) is 9.04. The number of halogens is 1. The van der Waals surface area contributed by atoms with Crippen LogP contribution in [0.4, 0.5) is 0 Å². The van der Waals surface area contributed by atoms with Crippen LogP contribution in [0.5, 0.6) is 0 Å². The fraction of sp³-hybridized carbons (Fsp3) is 0.235. The van der Waals surface area contributed by atoms with Crippen LogP contribution in [0.15, 0.2) is 46.9 Å². The van der Waals surface area contributed by atoms with Gasteiger partial charge in [-0.2, -0.15) is 0 Å². The highest BCUT2D eigenvalue weighted by atomic mass is 79.9. The van der Waals surface area contributed by atoms with E-state index in [4.69, 9.17) is 0 Å². The highest BCUT2D eigenvalue weighted by Gasteiger charge is 2.07. The molecule has 0 saturated carbocycles. The van der Waals surface area contributed by atoms with Crippen LogP contribution in [0.1, 0.15) is 33.5 Å². The first-order valence-electron chi connectivity index (χ1n) is 6.40. The van der Waals surface area contributed by atoms with Crippen molar-refractivity contribution in [2.75, 3.05) is 0 Å². The Morgan fingerprint density at radius 3 is 2.37 bits per heavy atom. The van der Waals surface area contributed by atoms with Gasteiger partial charge in [-0.3, -0.25) is 4.79 Å². The molecule has 0 bridgehead atoms. The Morgan fingerprint density at radius 2 is 1.74 bits per heavy atom. The maximum absolute atomic E-state index is 12.1. The van der Waals surface area contributed by atoms with Crippen molar-refractivity contribution >= 4 is 21.7 Å². The molecule has 0 fully saturated rings. The molecule has 0 aliphatic rings. The molecule has 0 radical (unpaired) electrons. The topological polar surface area (TPSA) is 17.1 Å². The van der Waals surface area contributed by atoms with Crippen molar-refractivity contribution < 1.29 is 4.79 Å². The van der Waals surface area contributed by atoms with Gasteiger partial charge in [0, 0.05) is 16.5 Å². The van der Waals surface area contributed by atoms with Crippen LogP contribution in [0, 0.1) is 13.8 Å². The third kappa shape index (κ3) is 4.03. The summed E-state index contributed by atoms with van der Waals surface area (Å²) in [4.78, 5) is 12.1. The van der Waals surface area contributed by atoms with Crippen molar-refractivity contribution in [3.05, 3.63) is 69.2 Å². The van der Waals surface area contributed by atoms with Gasteiger partial charge < -0.3 is 0 Å². The predicted molar refractivity (Wildman–Crippen MR) is 82.7 cm³/mol. The predicted octanol–water partition coefficient (Wildman–Crippen LogP) is 4.88. The SMILES string of the molecule is Cc1cc(C)cc(CCC(=O)c2cccc(Br)c2)c1. The molecule has 2 aromatic carbocycles. The summed E-state index contributed by atoms with van der Waals surface area (Å²) in [6, 6.07) is 14.0. The average molecular weight is 317 g/mol. The van der Waals surface area contributed by atoms with Gasteiger partial charge in [-0.15, -0.1) is 0 Å². The Kier molecular flexibility index (Phi) is 4.54. The molecule has 19 heavy (non-hydrogen) atoms. The van der Waals surface area contributed by atoms with Crippen LogP contribution in [0.3, 0.4) is 0 Å². The lowest BCUT2D eigenvalue weighted by molar-refractivity contribution is 0.0983. The summed E-state index contributed by atoms with van der Waals surface area (Å²) >= 11 is 3.39. The summed E-state index contributed by atoms with van der Waals surface area (Å²) in [6.45, 7) is 4.18. The molecule has 98 valence electrons. The number of carbonyl (C=O) groups is 1. The fourth-order valence-electron chi connectivity index (χ4n) is 2.28. The highest BCUT2D eigenvalue weighted by Crippen LogP contribution is 2.15. The minimum absolute atomic E-state index is 0.195. The van der Waals surface area contributed by atoms with Gasteiger partial charge in [0.1, 0.15) is 0 Å². The van der Waals surface area contributed by atoms with Gasteiger partial charge in [-0.05, 0) is 38.0 Å². The third-order valence-corrected chi connectivity index (χ3v) is 3.56. The lowest BCUT2D eigenvalue weighted by Gasteiger charge is -2.05. The maximum Gasteiger partial charge on any atom is 0.163 e. The fourth-order valence-corrected chi connectivity index (χ4v) is 2.68. The summed E-state index contributed by atoms with van der Waals surface area (Å²) in [5.41, 5.74) is 4.52. The molecule has 0 spiro atoms. The van der Waals surface area contributed by atoms with Crippen molar-refractivity contribution in [1.29, 1.82) is 0 Å². The van der Waals surface area contributed by atoms with E-state index in [0.717, 1.165) is 16.5 Å². The molecule has 0 saturated heterocycles. The number of ketones is 1. The minimum Gasteiger partial charge on any atom is -0.294 e. The lowest BCUT2D eigenvalue weighted by Crippen LogP contribution is -2.01. The molecule has 0 aliphatic carbocycles. The molecule has 0 aromatic heterocycles. The normalized spacial score (nSPS) is 10.5. The van der Waals surface area contributed by atoms with Crippen LogP contribution < -0.4 is 0 Å². The van der Waals surface area contributed by atoms with E-state index in [2.05, 4.69) is 48.0 Å². The number of Topliss-reactive ketones (excluding diaryl/α,β-unsaturated/α-hetero) is 1. The molecule has 2 aromatic rings. The number of hydrogen-bond donors (Lipinski definition) is 0. The number of rotatable bonds is 4.